The van der Waals surface area contributed by atoms with Crippen LogP contribution in [0.1, 0.15) is 36.6 Å². The number of nitrogens with zero attached hydrogens (tertiary/aromatic N) is 1. The van der Waals surface area contributed by atoms with Crippen molar-refractivity contribution in [1.82, 2.24) is 5.43 Å². The van der Waals surface area contributed by atoms with E-state index in [1.807, 2.05) is 37.3 Å². The van der Waals surface area contributed by atoms with E-state index < -0.39 is 12.0 Å². The third-order valence-electron chi connectivity index (χ3n) is 3.48. The van der Waals surface area contributed by atoms with Gasteiger partial charge >= 0.3 is 0 Å². The molecule has 2 aromatic rings. The Balaban J connectivity index is 2.02. The molecular formula is C18H20N2O2. The molecule has 4 heteroatoms. The summed E-state index contributed by atoms with van der Waals surface area (Å²) < 4.78 is 0. The molecule has 2 rings (SSSR count). The molecule has 114 valence electrons. The number of hydrogen-bond acceptors (Lipinski definition) is 3. The number of rotatable bonds is 5. The van der Waals surface area contributed by atoms with E-state index in [9.17, 15) is 9.90 Å². The summed E-state index contributed by atoms with van der Waals surface area (Å²) in [6.45, 7) is 3.91. The first-order valence-electron chi connectivity index (χ1n) is 7.28. The minimum absolute atomic E-state index is 0.542. The molecule has 2 aromatic carbocycles. The van der Waals surface area contributed by atoms with E-state index in [1.54, 1.807) is 24.3 Å². The average molecular weight is 296 g/mol. The van der Waals surface area contributed by atoms with Gasteiger partial charge in [-0.15, -0.1) is 0 Å². The van der Waals surface area contributed by atoms with Crippen LogP contribution < -0.4 is 5.43 Å². The van der Waals surface area contributed by atoms with Crippen molar-refractivity contribution in [2.75, 3.05) is 0 Å². The molecule has 0 aliphatic carbocycles. The highest BCUT2D eigenvalue weighted by Gasteiger charge is 2.16. The number of hydrazone groups is 1. The van der Waals surface area contributed by atoms with Gasteiger partial charge in [-0.05, 0) is 30.0 Å². The summed E-state index contributed by atoms with van der Waals surface area (Å²) in [4.78, 5) is 11.9. The van der Waals surface area contributed by atoms with Gasteiger partial charge < -0.3 is 5.11 Å². The zero-order valence-electron chi connectivity index (χ0n) is 12.8. The average Bonchev–Trinajstić information content (AvgIpc) is 2.59. The maximum absolute atomic E-state index is 11.9. The lowest BCUT2D eigenvalue weighted by Crippen LogP contribution is -2.26. The van der Waals surface area contributed by atoms with Gasteiger partial charge in [-0.3, -0.25) is 4.79 Å². The van der Waals surface area contributed by atoms with Gasteiger partial charge in [0.05, 0.1) is 5.71 Å². The van der Waals surface area contributed by atoms with Gasteiger partial charge in [-0.1, -0.05) is 61.5 Å². The Labute approximate surface area is 130 Å². The van der Waals surface area contributed by atoms with Gasteiger partial charge in [0.15, 0.2) is 6.10 Å². The van der Waals surface area contributed by atoms with Gasteiger partial charge in [-0.2, -0.15) is 5.10 Å². The molecular weight excluding hydrogens is 276 g/mol. The van der Waals surface area contributed by atoms with Crippen molar-refractivity contribution in [3.8, 4) is 0 Å². The second-order valence-electron chi connectivity index (χ2n) is 5.04. The zero-order valence-corrected chi connectivity index (χ0v) is 12.8. The Hall–Kier alpha value is -2.46. The highest BCUT2D eigenvalue weighted by atomic mass is 16.3. The van der Waals surface area contributed by atoms with Crippen LogP contribution in [-0.2, 0) is 11.2 Å². The van der Waals surface area contributed by atoms with Gasteiger partial charge in [0, 0.05) is 0 Å². The summed E-state index contributed by atoms with van der Waals surface area (Å²) in [6.07, 6.45) is -0.239. The normalized spacial score (nSPS) is 12.8. The molecule has 1 amide bonds. The van der Waals surface area contributed by atoms with Crippen molar-refractivity contribution in [3.63, 3.8) is 0 Å². The molecule has 0 saturated heterocycles. The Kier molecular flexibility index (Phi) is 5.44. The summed E-state index contributed by atoms with van der Waals surface area (Å²) in [6, 6.07) is 16.8. The summed E-state index contributed by atoms with van der Waals surface area (Å²) >= 11 is 0. The molecule has 0 aliphatic rings. The SMILES string of the molecule is CCc1ccc(/C(C)=N\NC(=O)[C@H](O)c2ccccc2)cc1. The smallest absolute Gasteiger partial charge is 0.273 e. The topological polar surface area (TPSA) is 61.7 Å². The summed E-state index contributed by atoms with van der Waals surface area (Å²) in [5.74, 6) is -0.546. The van der Waals surface area contributed by atoms with E-state index in [0.717, 1.165) is 12.0 Å². The van der Waals surface area contributed by atoms with E-state index in [4.69, 9.17) is 0 Å². The van der Waals surface area contributed by atoms with Crippen LogP contribution in [0.4, 0.5) is 0 Å². The first-order chi connectivity index (χ1) is 10.6. The number of nitrogens with one attached hydrogen (secondary N) is 1. The zero-order chi connectivity index (χ0) is 15.9. The first-order valence-corrected chi connectivity index (χ1v) is 7.28. The predicted molar refractivity (Wildman–Crippen MR) is 87.6 cm³/mol. The van der Waals surface area contributed by atoms with Gasteiger partial charge in [0.2, 0.25) is 0 Å². The molecule has 0 radical (unpaired) electrons. The van der Waals surface area contributed by atoms with Crippen molar-refractivity contribution in [3.05, 3.63) is 71.3 Å². The molecule has 22 heavy (non-hydrogen) atoms. The summed E-state index contributed by atoms with van der Waals surface area (Å²) in [5, 5.41) is 14.0. The maximum atomic E-state index is 11.9. The van der Waals surface area contributed by atoms with Crippen molar-refractivity contribution >= 4 is 11.6 Å². The van der Waals surface area contributed by atoms with Crippen molar-refractivity contribution < 1.29 is 9.90 Å². The maximum Gasteiger partial charge on any atom is 0.273 e. The number of amides is 1. The molecule has 0 fully saturated rings. The van der Waals surface area contributed by atoms with E-state index in [2.05, 4.69) is 17.5 Å². The molecule has 0 spiro atoms. The largest absolute Gasteiger partial charge is 0.378 e. The highest BCUT2D eigenvalue weighted by Crippen LogP contribution is 2.12. The number of carbonyl (C=O) groups is 1. The van der Waals surface area contributed by atoms with Crippen LogP contribution in [0.3, 0.4) is 0 Å². The van der Waals surface area contributed by atoms with Crippen LogP contribution in [0.15, 0.2) is 59.7 Å². The summed E-state index contributed by atoms with van der Waals surface area (Å²) in [5.41, 5.74) is 5.83. The fourth-order valence-corrected chi connectivity index (χ4v) is 2.03. The molecule has 0 saturated carbocycles. The lowest BCUT2D eigenvalue weighted by Gasteiger charge is -2.09. The predicted octanol–water partition coefficient (Wildman–Crippen LogP) is 2.82. The lowest BCUT2D eigenvalue weighted by atomic mass is 10.1. The van der Waals surface area contributed by atoms with Gasteiger partial charge in [0.25, 0.3) is 5.91 Å². The van der Waals surface area contributed by atoms with Gasteiger partial charge in [-0.25, -0.2) is 5.43 Å². The van der Waals surface area contributed by atoms with Crippen LogP contribution in [-0.4, -0.2) is 16.7 Å². The van der Waals surface area contributed by atoms with Crippen LogP contribution >= 0.6 is 0 Å². The number of aryl methyl sites for hydroxylation is 1. The molecule has 0 unspecified atom stereocenters. The van der Waals surface area contributed by atoms with Crippen LogP contribution in [0.5, 0.6) is 0 Å². The molecule has 0 aromatic heterocycles. The Morgan fingerprint density at radius 2 is 1.77 bits per heavy atom. The monoisotopic (exact) mass is 296 g/mol. The van der Waals surface area contributed by atoms with Crippen LogP contribution in [0, 0.1) is 0 Å². The van der Waals surface area contributed by atoms with E-state index in [1.165, 1.54) is 5.56 Å². The third-order valence-corrected chi connectivity index (χ3v) is 3.48. The minimum atomic E-state index is -1.22. The number of carbonyl (C=O) groups excluding carboxylic acids is 1. The van der Waals surface area contributed by atoms with Gasteiger partial charge in [0.1, 0.15) is 0 Å². The Morgan fingerprint density at radius 1 is 1.14 bits per heavy atom. The Morgan fingerprint density at radius 3 is 2.36 bits per heavy atom. The standard InChI is InChI=1S/C18H20N2O2/c1-3-14-9-11-15(12-10-14)13(2)19-20-18(22)17(21)16-7-5-4-6-8-16/h4-12,17,21H,3H2,1-2H3,(H,20,22)/b19-13-/t17-/m1/s1. The van der Waals surface area contributed by atoms with Crippen LogP contribution in [0.2, 0.25) is 0 Å². The molecule has 4 nitrogen and oxygen atoms in total. The lowest BCUT2D eigenvalue weighted by molar-refractivity contribution is -0.129. The molecule has 2 N–H and O–H groups in total. The molecule has 0 heterocycles. The van der Waals surface area contributed by atoms with Crippen molar-refractivity contribution in [2.45, 2.75) is 26.4 Å². The second-order valence-corrected chi connectivity index (χ2v) is 5.04. The van der Waals surface area contributed by atoms with Crippen molar-refractivity contribution in [1.29, 1.82) is 0 Å². The van der Waals surface area contributed by atoms with E-state index >= 15 is 0 Å². The highest BCUT2D eigenvalue weighted by molar-refractivity contribution is 5.99. The van der Waals surface area contributed by atoms with E-state index in [0.29, 0.717) is 11.3 Å². The second kappa shape index (κ2) is 7.52. The Bertz CT molecular complexity index is 649. The fraction of sp³-hybridized carbons (Fsp3) is 0.222. The number of aliphatic hydroxyl groups excluding tert-OH is 1. The number of hydrogen-bond donors (Lipinski definition) is 2. The first kappa shape index (κ1) is 15.9. The minimum Gasteiger partial charge on any atom is -0.378 e. The molecule has 0 bridgehead atoms. The fourth-order valence-electron chi connectivity index (χ4n) is 2.03. The third kappa shape index (κ3) is 4.02. The van der Waals surface area contributed by atoms with Crippen molar-refractivity contribution in [2.24, 2.45) is 5.10 Å². The molecule has 0 aliphatic heterocycles. The quantitative estimate of drug-likeness (QED) is 0.658. The molecule has 1 atom stereocenters. The number of benzene rings is 2. The van der Waals surface area contributed by atoms with Crippen LogP contribution in [0.25, 0.3) is 0 Å². The number of aliphatic hydroxyl groups is 1. The van der Waals surface area contributed by atoms with E-state index in [-0.39, 0.29) is 0 Å². The summed E-state index contributed by atoms with van der Waals surface area (Å²) in [7, 11) is 0.